The van der Waals surface area contributed by atoms with Gasteiger partial charge in [-0.3, -0.25) is 9.59 Å². The zero-order valence-electron chi connectivity index (χ0n) is 17.8. The van der Waals surface area contributed by atoms with E-state index in [-0.39, 0.29) is 5.91 Å². The first-order chi connectivity index (χ1) is 15.9. The maximum Gasteiger partial charge on any atom is 0.255 e. The minimum absolute atomic E-state index is 0.265. The van der Waals surface area contributed by atoms with Crippen LogP contribution >= 0.6 is 11.8 Å². The predicted octanol–water partition coefficient (Wildman–Crippen LogP) is 3.60. The van der Waals surface area contributed by atoms with E-state index in [1.807, 2.05) is 36.1 Å². The average molecular weight is 463 g/mol. The van der Waals surface area contributed by atoms with E-state index in [0.717, 1.165) is 21.8 Å². The van der Waals surface area contributed by atoms with E-state index in [2.05, 4.69) is 5.32 Å². The fourth-order valence-electron chi connectivity index (χ4n) is 3.94. The zero-order valence-corrected chi connectivity index (χ0v) is 18.6. The Hall–Kier alpha value is -3.69. The van der Waals surface area contributed by atoms with Gasteiger partial charge in [0.05, 0.1) is 11.3 Å². The number of anilines is 3. The molecule has 0 fully saturated rings. The fourth-order valence-corrected chi connectivity index (χ4v) is 5.10. The molecule has 0 radical (unpaired) electrons. The summed E-state index contributed by atoms with van der Waals surface area (Å²) in [6.07, 6.45) is 0. The van der Waals surface area contributed by atoms with Gasteiger partial charge in [0.15, 0.2) is 11.5 Å². The Labute approximate surface area is 194 Å². The smallest absolute Gasteiger partial charge is 0.255 e. The molecule has 2 amide bonds. The number of primary amides is 1. The largest absolute Gasteiger partial charge is 0.486 e. The Kier molecular flexibility index (Phi) is 5.35. The van der Waals surface area contributed by atoms with Crippen molar-refractivity contribution in [3.63, 3.8) is 0 Å². The Morgan fingerprint density at radius 1 is 1.03 bits per heavy atom. The molecule has 2 aliphatic rings. The van der Waals surface area contributed by atoms with Gasteiger partial charge >= 0.3 is 0 Å². The molecule has 2 heterocycles. The summed E-state index contributed by atoms with van der Waals surface area (Å²) < 4.78 is 11.1. The second-order valence-corrected chi connectivity index (χ2v) is 8.84. The quantitative estimate of drug-likeness (QED) is 0.542. The normalized spacial score (nSPS) is 16.3. The van der Waals surface area contributed by atoms with Gasteiger partial charge in [0.25, 0.3) is 5.91 Å². The molecule has 1 atom stereocenters. The number of fused-ring (bicyclic) bond motifs is 2. The molecule has 5 N–H and O–H groups in total. The van der Waals surface area contributed by atoms with Crippen molar-refractivity contribution in [1.82, 2.24) is 0 Å². The Bertz CT molecular complexity index is 1280. The van der Waals surface area contributed by atoms with Gasteiger partial charge in [-0.2, -0.15) is 0 Å². The van der Waals surface area contributed by atoms with Crippen LogP contribution in [0.1, 0.15) is 26.3 Å². The van der Waals surface area contributed by atoms with Crippen LogP contribution in [-0.4, -0.2) is 30.5 Å². The third-order valence-electron chi connectivity index (χ3n) is 5.54. The molecule has 1 unspecified atom stereocenters. The molecule has 168 valence electrons. The number of nitrogens with two attached hydrogens (primary N) is 2. The second kappa shape index (κ2) is 8.34. The molecule has 3 aromatic rings. The van der Waals surface area contributed by atoms with E-state index in [1.54, 1.807) is 30.3 Å². The highest BCUT2D eigenvalue weighted by molar-refractivity contribution is 8.00. The standard InChI is InChI=1S/C24H22N4O4S/c1-13-5-7-15(27-23(30)14-6-8-19-20(11-14)32-10-9-31-19)12-18(13)28-17-4-2-3-16(22(25)29)21(17)33-24(28)26/h2-8,11-12,24H,9-10,26H2,1H3,(H2,25,29)(H,27,30). The number of thioether (sulfide) groups is 1. The van der Waals surface area contributed by atoms with Gasteiger partial charge in [-0.15, -0.1) is 0 Å². The first-order valence-electron chi connectivity index (χ1n) is 10.4. The zero-order chi connectivity index (χ0) is 23.1. The lowest BCUT2D eigenvalue weighted by molar-refractivity contribution is 0.0995. The molecule has 0 saturated heterocycles. The lowest BCUT2D eigenvalue weighted by Gasteiger charge is -2.26. The van der Waals surface area contributed by atoms with Crippen molar-refractivity contribution >= 4 is 40.6 Å². The van der Waals surface area contributed by atoms with E-state index < -0.39 is 11.4 Å². The van der Waals surface area contributed by atoms with Gasteiger partial charge in [-0.1, -0.05) is 23.9 Å². The number of amides is 2. The predicted molar refractivity (Wildman–Crippen MR) is 127 cm³/mol. The Balaban J connectivity index is 1.45. The summed E-state index contributed by atoms with van der Waals surface area (Å²) in [6.45, 7) is 2.91. The molecule has 8 nitrogen and oxygen atoms in total. The highest BCUT2D eigenvalue weighted by Crippen LogP contribution is 2.48. The van der Waals surface area contributed by atoms with E-state index in [9.17, 15) is 9.59 Å². The van der Waals surface area contributed by atoms with Crippen molar-refractivity contribution in [2.75, 3.05) is 23.4 Å². The second-order valence-electron chi connectivity index (χ2n) is 7.71. The number of ether oxygens (including phenoxy) is 2. The first-order valence-corrected chi connectivity index (χ1v) is 11.3. The number of carbonyl (C=O) groups is 2. The average Bonchev–Trinajstić information content (AvgIpc) is 3.15. The van der Waals surface area contributed by atoms with Gasteiger partial charge in [0.2, 0.25) is 5.91 Å². The number of hydrogen-bond acceptors (Lipinski definition) is 7. The first kappa shape index (κ1) is 21.2. The monoisotopic (exact) mass is 462 g/mol. The van der Waals surface area contributed by atoms with Crippen LogP contribution in [0.4, 0.5) is 17.1 Å². The van der Waals surface area contributed by atoms with Crippen molar-refractivity contribution in [1.29, 1.82) is 0 Å². The van der Waals surface area contributed by atoms with Gasteiger partial charge in [0.1, 0.15) is 18.7 Å². The highest BCUT2D eigenvalue weighted by atomic mass is 32.2. The molecule has 3 aromatic carbocycles. The van der Waals surface area contributed by atoms with Crippen LogP contribution in [-0.2, 0) is 0 Å². The fraction of sp³-hybridized carbons (Fsp3) is 0.167. The van der Waals surface area contributed by atoms with Crippen molar-refractivity contribution < 1.29 is 19.1 Å². The molecule has 0 aromatic heterocycles. The van der Waals surface area contributed by atoms with E-state index >= 15 is 0 Å². The van der Waals surface area contributed by atoms with E-state index in [1.165, 1.54) is 11.8 Å². The van der Waals surface area contributed by atoms with E-state index in [4.69, 9.17) is 20.9 Å². The SMILES string of the molecule is Cc1ccc(NC(=O)c2ccc3c(c2)OCCO3)cc1N1c2cccc(C(N)=O)c2SC1N. The number of rotatable bonds is 4. The lowest BCUT2D eigenvalue weighted by Crippen LogP contribution is -2.32. The number of benzene rings is 3. The molecule has 33 heavy (non-hydrogen) atoms. The number of nitrogens with zero attached hydrogens (tertiary/aromatic N) is 1. The molecule has 0 aliphatic carbocycles. The minimum Gasteiger partial charge on any atom is -0.486 e. The van der Waals surface area contributed by atoms with Crippen LogP contribution in [0, 0.1) is 6.92 Å². The third kappa shape index (κ3) is 3.85. The minimum atomic E-state index is -0.495. The number of hydrogen-bond donors (Lipinski definition) is 3. The summed E-state index contributed by atoms with van der Waals surface area (Å²) in [5.74, 6) is 0.425. The molecule has 5 rings (SSSR count). The lowest BCUT2D eigenvalue weighted by atomic mass is 10.1. The summed E-state index contributed by atoms with van der Waals surface area (Å²) in [6, 6.07) is 16.1. The van der Waals surface area contributed by atoms with Crippen LogP contribution in [0.15, 0.2) is 59.5 Å². The summed E-state index contributed by atoms with van der Waals surface area (Å²) >= 11 is 1.38. The topological polar surface area (TPSA) is 120 Å². The Morgan fingerprint density at radius 2 is 1.82 bits per heavy atom. The molecule has 9 heteroatoms. The highest BCUT2D eigenvalue weighted by Gasteiger charge is 2.32. The summed E-state index contributed by atoms with van der Waals surface area (Å²) in [5, 5.41) is 2.94. The van der Waals surface area contributed by atoms with Crippen molar-refractivity contribution in [3.05, 3.63) is 71.3 Å². The van der Waals surface area contributed by atoms with Crippen molar-refractivity contribution in [3.8, 4) is 11.5 Å². The third-order valence-corrected chi connectivity index (χ3v) is 6.66. The number of nitrogens with one attached hydrogen (secondary N) is 1. The van der Waals surface area contributed by atoms with Crippen LogP contribution in [0.25, 0.3) is 0 Å². The summed E-state index contributed by atoms with van der Waals surface area (Å²) in [5.41, 5.74) is 15.7. The van der Waals surface area contributed by atoms with Gasteiger partial charge in [-0.05, 0) is 55.0 Å². The summed E-state index contributed by atoms with van der Waals surface area (Å²) in [7, 11) is 0. The van der Waals surface area contributed by atoms with Gasteiger partial charge in [-0.25, -0.2) is 0 Å². The molecule has 0 spiro atoms. The number of carbonyl (C=O) groups excluding carboxylic acids is 2. The van der Waals surface area contributed by atoms with Crippen molar-refractivity contribution in [2.24, 2.45) is 11.5 Å². The van der Waals surface area contributed by atoms with E-state index in [0.29, 0.717) is 41.5 Å². The molecule has 2 aliphatic heterocycles. The van der Waals surface area contributed by atoms with Gasteiger partial charge < -0.3 is 31.2 Å². The number of aryl methyl sites for hydroxylation is 1. The molecular weight excluding hydrogens is 440 g/mol. The molecule has 0 bridgehead atoms. The van der Waals surface area contributed by atoms with Crippen LogP contribution in [0.2, 0.25) is 0 Å². The maximum absolute atomic E-state index is 12.9. The maximum atomic E-state index is 12.9. The van der Waals surface area contributed by atoms with Crippen LogP contribution < -0.4 is 31.2 Å². The van der Waals surface area contributed by atoms with Crippen LogP contribution in [0.5, 0.6) is 11.5 Å². The van der Waals surface area contributed by atoms with Crippen LogP contribution in [0.3, 0.4) is 0 Å². The van der Waals surface area contributed by atoms with Crippen molar-refractivity contribution in [2.45, 2.75) is 17.3 Å². The van der Waals surface area contributed by atoms with Gasteiger partial charge in [0, 0.05) is 21.8 Å². The Morgan fingerprint density at radius 3 is 2.61 bits per heavy atom. The molecule has 0 saturated carbocycles. The molecular formula is C24H22N4O4S. The summed E-state index contributed by atoms with van der Waals surface area (Å²) in [4.78, 5) is 27.5.